The molecule has 0 heterocycles. The summed E-state index contributed by atoms with van der Waals surface area (Å²) >= 11 is 5.95. The number of unbranched alkanes of at least 4 members (excludes halogenated alkanes) is 1. The molecule has 0 aromatic heterocycles. The molecule has 0 fully saturated rings. The van der Waals surface area contributed by atoms with E-state index in [0.717, 1.165) is 0 Å². The Balaban J connectivity index is 2.68. The summed E-state index contributed by atoms with van der Waals surface area (Å²) in [4.78, 5) is 37.6. The number of carbonyl (C=O) groups is 3. The van der Waals surface area contributed by atoms with Crippen LogP contribution in [0.3, 0.4) is 0 Å². The van der Waals surface area contributed by atoms with Gasteiger partial charge >= 0.3 is 11.9 Å². The van der Waals surface area contributed by atoms with E-state index in [4.69, 9.17) is 22.1 Å². The number of nitrogens with zero attached hydrogens (tertiary/aromatic N) is 1. The fourth-order valence-corrected chi connectivity index (χ4v) is 2.98. The maximum absolute atomic E-state index is 12.7. The lowest BCUT2D eigenvalue weighted by Crippen LogP contribution is -2.49. The standard InChI is InChI=1S/C20H30ClN3O5/c1-4-17(19(26)23-12-6-5-7-16(22)20(27)29-3)24(13-18(25)28-2)15-10-8-14(21)9-11-15/h8-11,16-17H,4-7,12-13,22H2,1-3H3,(H,23,26)/t16-,17+/m0/s1. The average Bonchev–Trinajstić information content (AvgIpc) is 2.72. The number of esters is 2. The third-order valence-electron chi connectivity index (χ3n) is 4.50. The van der Waals surface area contributed by atoms with E-state index < -0.39 is 24.0 Å². The van der Waals surface area contributed by atoms with Crippen molar-refractivity contribution in [3.8, 4) is 0 Å². The first-order valence-corrected chi connectivity index (χ1v) is 9.91. The molecule has 0 aliphatic carbocycles. The Morgan fingerprint density at radius 1 is 1.14 bits per heavy atom. The highest BCUT2D eigenvalue weighted by atomic mass is 35.5. The number of rotatable bonds is 12. The van der Waals surface area contributed by atoms with Gasteiger partial charge in [0.05, 0.1) is 14.2 Å². The molecule has 0 unspecified atom stereocenters. The van der Waals surface area contributed by atoms with Gasteiger partial charge in [0.1, 0.15) is 18.6 Å². The van der Waals surface area contributed by atoms with Gasteiger partial charge in [-0.1, -0.05) is 18.5 Å². The Hall–Kier alpha value is -2.32. The lowest BCUT2D eigenvalue weighted by atomic mass is 10.1. The van der Waals surface area contributed by atoms with E-state index in [-0.39, 0.29) is 12.5 Å². The van der Waals surface area contributed by atoms with E-state index in [1.54, 1.807) is 29.2 Å². The molecule has 1 aromatic rings. The molecule has 2 atom stereocenters. The number of anilines is 1. The van der Waals surface area contributed by atoms with Crippen molar-refractivity contribution in [3.05, 3.63) is 29.3 Å². The third-order valence-corrected chi connectivity index (χ3v) is 4.75. The molecule has 0 aliphatic heterocycles. The molecular weight excluding hydrogens is 398 g/mol. The summed E-state index contributed by atoms with van der Waals surface area (Å²) in [6.45, 7) is 2.26. The van der Waals surface area contributed by atoms with Gasteiger partial charge in [0.2, 0.25) is 5.91 Å². The predicted molar refractivity (Wildman–Crippen MR) is 112 cm³/mol. The predicted octanol–water partition coefficient (Wildman–Crippen LogP) is 1.88. The van der Waals surface area contributed by atoms with Gasteiger partial charge in [-0.25, -0.2) is 0 Å². The van der Waals surface area contributed by atoms with Gasteiger partial charge < -0.3 is 25.4 Å². The number of hydrogen-bond acceptors (Lipinski definition) is 7. The quantitative estimate of drug-likeness (QED) is 0.387. The number of benzene rings is 1. The molecular formula is C20H30ClN3O5. The summed E-state index contributed by atoms with van der Waals surface area (Å²) in [6.07, 6.45) is 2.33. The second-order valence-corrected chi connectivity index (χ2v) is 6.96. The SMILES string of the molecule is CC[C@H](C(=O)NCCCC[C@H](N)C(=O)OC)N(CC(=O)OC)c1ccc(Cl)cc1. The minimum atomic E-state index is -0.653. The van der Waals surface area contributed by atoms with Crippen molar-refractivity contribution in [2.24, 2.45) is 5.73 Å². The van der Waals surface area contributed by atoms with Crippen LogP contribution in [0, 0.1) is 0 Å². The number of hydrogen-bond donors (Lipinski definition) is 2. The summed E-state index contributed by atoms with van der Waals surface area (Å²) in [7, 11) is 2.61. The van der Waals surface area contributed by atoms with Gasteiger partial charge in [0.15, 0.2) is 0 Å². The molecule has 0 bridgehead atoms. The van der Waals surface area contributed by atoms with Gasteiger partial charge in [0.25, 0.3) is 0 Å². The number of methoxy groups -OCH3 is 2. The molecule has 1 aromatic carbocycles. The van der Waals surface area contributed by atoms with Crippen LogP contribution in [0.25, 0.3) is 0 Å². The summed E-state index contributed by atoms with van der Waals surface area (Å²) < 4.78 is 9.36. The van der Waals surface area contributed by atoms with Crippen LogP contribution >= 0.6 is 11.6 Å². The van der Waals surface area contributed by atoms with Gasteiger partial charge in [-0.3, -0.25) is 14.4 Å². The highest BCUT2D eigenvalue weighted by molar-refractivity contribution is 6.30. The molecule has 8 nitrogen and oxygen atoms in total. The maximum Gasteiger partial charge on any atom is 0.325 e. The zero-order valence-electron chi connectivity index (χ0n) is 17.2. The van der Waals surface area contributed by atoms with Crippen LogP contribution < -0.4 is 16.0 Å². The number of nitrogens with one attached hydrogen (secondary N) is 1. The average molecular weight is 428 g/mol. The molecule has 3 N–H and O–H groups in total. The fourth-order valence-electron chi connectivity index (χ4n) is 2.85. The van der Waals surface area contributed by atoms with E-state index in [1.807, 2.05) is 6.92 Å². The lowest BCUT2D eigenvalue weighted by molar-refractivity contribution is -0.142. The highest BCUT2D eigenvalue weighted by Crippen LogP contribution is 2.21. The molecule has 9 heteroatoms. The van der Waals surface area contributed by atoms with E-state index in [1.165, 1.54) is 14.2 Å². The van der Waals surface area contributed by atoms with Crippen LogP contribution in [0.5, 0.6) is 0 Å². The second-order valence-electron chi connectivity index (χ2n) is 6.52. The number of halogens is 1. The Kier molecular flexibility index (Phi) is 11.1. The fraction of sp³-hybridized carbons (Fsp3) is 0.550. The molecule has 0 aliphatic rings. The lowest BCUT2D eigenvalue weighted by Gasteiger charge is -2.31. The van der Waals surface area contributed by atoms with Crippen molar-refractivity contribution in [2.75, 3.05) is 32.2 Å². The van der Waals surface area contributed by atoms with E-state index >= 15 is 0 Å². The first-order valence-electron chi connectivity index (χ1n) is 9.54. The summed E-state index contributed by atoms with van der Waals surface area (Å²) in [5.41, 5.74) is 6.39. The second kappa shape index (κ2) is 13.0. The van der Waals surface area contributed by atoms with Gasteiger partial charge in [-0.15, -0.1) is 0 Å². The summed E-state index contributed by atoms with van der Waals surface area (Å²) in [5.74, 6) is -1.08. The largest absolute Gasteiger partial charge is 0.468 e. The minimum absolute atomic E-state index is 0.0575. The van der Waals surface area contributed by atoms with Crippen LogP contribution in [0.1, 0.15) is 32.6 Å². The van der Waals surface area contributed by atoms with E-state index in [0.29, 0.717) is 42.9 Å². The zero-order chi connectivity index (χ0) is 21.8. The maximum atomic E-state index is 12.7. The van der Waals surface area contributed by atoms with Crippen molar-refractivity contribution >= 4 is 35.1 Å². The monoisotopic (exact) mass is 427 g/mol. The van der Waals surface area contributed by atoms with E-state index in [2.05, 4.69) is 10.1 Å². The number of carbonyl (C=O) groups excluding carboxylic acids is 3. The van der Waals surface area contributed by atoms with Crippen molar-refractivity contribution in [3.63, 3.8) is 0 Å². The normalized spacial score (nSPS) is 12.6. The Labute approximate surface area is 176 Å². The molecule has 0 spiro atoms. The van der Waals surface area contributed by atoms with Crippen molar-refractivity contribution in [1.82, 2.24) is 5.32 Å². The Morgan fingerprint density at radius 2 is 1.79 bits per heavy atom. The topological polar surface area (TPSA) is 111 Å². The van der Waals surface area contributed by atoms with Crippen LogP contribution in [0.4, 0.5) is 5.69 Å². The number of nitrogens with two attached hydrogens (primary N) is 1. The first-order chi connectivity index (χ1) is 13.8. The summed E-state index contributed by atoms with van der Waals surface area (Å²) in [6, 6.07) is 5.73. The Morgan fingerprint density at radius 3 is 2.34 bits per heavy atom. The molecule has 0 radical (unpaired) electrons. The number of ether oxygens (including phenoxy) is 2. The van der Waals surface area contributed by atoms with Crippen LogP contribution in [-0.2, 0) is 23.9 Å². The molecule has 0 saturated heterocycles. The molecule has 29 heavy (non-hydrogen) atoms. The van der Waals surface area contributed by atoms with Crippen molar-refractivity contribution in [1.29, 1.82) is 0 Å². The highest BCUT2D eigenvalue weighted by Gasteiger charge is 2.26. The third kappa shape index (κ3) is 8.29. The Bertz CT molecular complexity index is 669. The minimum Gasteiger partial charge on any atom is -0.468 e. The first kappa shape index (κ1) is 24.7. The van der Waals surface area contributed by atoms with Gasteiger partial charge in [0, 0.05) is 17.3 Å². The van der Waals surface area contributed by atoms with Gasteiger partial charge in [-0.2, -0.15) is 0 Å². The summed E-state index contributed by atoms with van der Waals surface area (Å²) in [5, 5.41) is 3.45. The molecule has 162 valence electrons. The van der Waals surface area contributed by atoms with Gasteiger partial charge in [-0.05, 0) is 49.9 Å². The zero-order valence-corrected chi connectivity index (χ0v) is 17.9. The molecule has 1 amide bonds. The van der Waals surface area contributed by atoms with Crippen LogP contribution in [0.2, 0.25) is 5.02 Å². The van der Waals surface area contributed by atoms with E-state index in [9.17, 15) is 14.4 Å². The van der Waals surface area contributed by atoms with Crippen molar-refractivity contribution < 1.29 is 23.9 Å². The molecule has 1 rings (SSSR count). The van der Waals surface area contributed by atoms with Crippen LogP contribution in [-0.4, -0.2) is 57.2 Å². The van der Waals surface area contributed by atoms with Crippen LogP contribution in [0.15, 0.2) is 24.3 Å². The smallest absolute Gasteiger partial charge is 0.325 e. The number of amides is 1. The van der Waals surface area contributed by atoms with Crippen molar-refractivity contribution in [2.45, 2.75) is 44.7 Å². The molecule has 0 saturated carbocycles.